The summed E-state index contributed by atoms with van der Waals surface area (Å²) in [5, 5.41) is 2.53. The summed E-state index contributed by atoms with van der Waals surface area (Å²) in [6, 6.07) is 15.6. The highest BCUT2D eigenvalue weighted by Gasteiger charge is 2.48. The molecule has 0 aliphatic heterocycles. The molecular formula is C28H37O2P. The average Bonchev–Trinajstić information content (AvgIpc) is 3.18. The zero-order valence-electron chi connectivity index (χ0n) is 20.3. The van der Waals surface area contributed by atoms with Crippen molar-refractivity contribution in [1.29, 1.82) is 0 Å². The zero-order valence-corrected chi connectivity index (χ0v) is 21.2. The Hall–Kier alpha value is -1.89. The Balaban J connectivity index is 2.39. The number of benzene rings is 2. The highest BCUT2D eigenvalue weighted by molar-refractivity contribution is 7.75. The van der Waals surface area contributed by atoms with Crippen molar-refractivity contribution >= 4 is 18.5 Å². The van der Waals surface area contributed by atoms with Crippen LogP contribution in [0.3, 0.4) is 0 Å². The fourth-order valence-corrected chi connectivity index (χ4v) is 7.76. The first-order valence-electron chi connectivity index (χ1n) is 11.0. The maximum absolute atomic E-state index is 6.36. The van der Waals surface area contributed by atoms with Crippen molar-refractivity contribution in [3.05, 3.63) is 77.9 Å². The summed E-state index contributed by atoms with van der Waals surface area (Å²) in [6.45, 7) is 16.2. The molecule has 2 aromatic rings. The van der Waals surface area contributed by atoms with Gasteiger partial charge in [-0.3, -0.25) is 0 Å². The highest BCUT2D eigenvalue weighted by atomic mass is 31.1. The predicted octanol–water partition coefficient (Wildman–Crippen LogP) is 6.62. The van der Waals surface area contributed by atoms with Crippen LogP contribution >= 0.6 is 7.92 Å². The summed E-state index contributed by atoms with van der Waals surface area (Å²) in [4.78, 5) is 0. The van der Waals surface area contributed by atoms with E-state index in [9.17, 15) is 0 Å². The molecule has 1 aliphatic rings. The SMILES string of the molecule is COCOc1c(P(c2ccccc2)C2(C(C)(C)C)C=CC=C2)cc(C)cc1C(C)(C)C. The Bertz CT molecular complexity index is 947. The van der Waals surface area contributed by atoms with E-state index in [4.69, 9.17) is 9.47 Å². The van der Waals surface area contributed by atoms with Gasteiger partial charge in [0.2, 0.25) is 0 Å². The third-order valence-corrected chi connectivity index (χ3v) is 9.32. The summed E-state index contributed by atoms with van der Waals surface area (Å²) in [7, 11) is 0.889. The second kappa shape index (κ2) is 8.93. The molecule has 2 aromatic carbocycles. The van der Waals surface area contributed by atoms with Crippen molar-refractivity contribution in [1.82, 2.24) is 0 Å². The van der Waals surface area contributed by atoms with Crippen LogP contribution in [-0.2, 0) is 10.2 Å². The first-order chi connectivity index (χ1) is 14.5. The molecule has 1 atom stereocenters. The number of allylic oxidation sites excluding steroid dienone is 4. The lowest BCUT2D eigenvalue weighted by atomic mass is 9.81. The molecule has 0 bridgehead atoms. The van der Waals surface area contributed by atoms with E-state index < -0.39 is 7.92 Å². The van der Waals surface area contributed by atoms with E-state index in [1.807, 2.05) is 0 Å². The molecule has 0 amide bonds. The van der Waals surface area contributed by atoms with Gasteiger partial charge in [-0.05, 0) is 42.6 Å². The molecule has 166 valence electrons. The molecule has 1 aliphatic carbocycles. The minimum Gasteiger partial charge on any atom is -0.467 e. The number of methoxy groups -OCH3 is 1. The molecule has 0 fully saturated rings. The summed E-state index contributed by atoms with van der Waals surface area (Å²) in [5.74, 6) is 0.979. The Morgan fingerprint density at radius 1 is 0.903 bits per heavy atom. The molecule has 0 N–H and O–H groups in total. The lowest BCUT2D eigenvalue weighted by Gasteiger charge is -2.46. The molecule has 0 radical (unpaired) electrons. The second-order valence-corrected chi connectivity index (χ2v) is 12.8. The van der Waals surface area contributed by atoms with Crippen molar-refractivity contribution in [2.45, 2.75) is 59.0 Å². The first kappa shape index (κ1) is 23.8. The maximum atomic E-state index is 6.36. The minimum atomic E-state index is -0.795. The second-order valence-electron chi connectivity index (χ2n) is 10.4. The van der Waals surface area contributed by atoms with Crippen molar-refractivity contribution < 1.29 is 9.47 Å². The summed E-state index contributed by atoms with van der Waals surface area (Å²) in [6.07, 6.45) is 9.23. The quantitative estimate of drug-likeness (QED) is 0.374. The Morgan fingerprint density at radius 2 is 1.52 bits per heavy atom. The number of rotatable bonds is 6. The van der Waals surface area contributed by atoms with E-state index in [0.29, 0.717) is 0 Å². The largest absolute Gasteiger partial charge is 0.467 e. The fraction of sp³-hybridized carbons (Fsp3) is 0.429. The standard InChI is InChI=1S/C28H37O2P/c1-21-18-23(26(2,3)4)25(30-20-29-8)24(19-21)31(22-14-10-9-11-15-22)28(27(5,6)7)16-12-13-17-28/h9-19H,20H2,1-8H3. The van der Waals surface area contributed by atoms with E-state index in [-0.39, 0.29) is 22.8 Å². The van der Waals surface area contributed by atoms with Crippen LogP contribution in [0.5, 0.6) is 5.75 Å². The molecular weight excluding hydrogens is 399 g/mol. The van der Waals surface area contributed by atoms with Crippen LogP contribution in [-0.4, -0.2) is 19.1 Å². The molecule has 3 rings (SSSR count). The van der Waals surface area contributed by atoms with Crippen molar-refractivity contribution in [3.8, 4) is 5.75 Å². The molecule has 0 spiro atoms. The van der Waals surface area contributed by atoms with Gasteiger partial charge in [0, 0.05) is 23.1 Å². The van der Waals surface area contributed by atoms with Crippen LogP contribution in [0, 0.1) is 12.3 Å². The molecule has 31 heavy (non-hydrogen) atoms. The van der Waals surface area contributed by atoms with Gasteiger partial charge in [-0.1, -0.05) is 102 Å². The minimum absolute atomic E-state index is 0.0300. The summed E-state index contributed by atoms with van der Waals surface area (Å²) in [5.41, 5.74) is 2.49. The lowest BCUT2D eigenvalue weighted by molar-refractivity contribution is 0.0506. The van der Waals surface area contributed by atoms with Crippen LogP contribution in [0.4, 0.5) is 0 Å². The van der Waals surface area contributed by atoms with Crippen molar-refractivity contribution in [2.24, 2.45) is 5.41 Å². The maximum Gasteiger partial charge on any atom is 0.188 e. The Kier molecular flexibility index (Phi) is 6.84. The van der Waals surface area contributed by atoms with Gasteiger partial charge in [-0.15, -0.1) is 0 Å². The van der Waals surface area contributed by atoms with E-state index in [1.54, 1.807) is 7.11 Å². The lowest BCUT2D eigenvalue weighted by Crippen LogP contribution is -2.42. The van der Waals surface area contributed by atoms with Crippen LogP contribution in [0.1, 0.15) is 52.7 Å². The highest BCUT2D eigenvalue weighted by Crippen LogP contribution is 2.61. The zero-order chi connectivity index (χ0) is 22.9. The molecule has 0 aromatic heterocycles. The summed E-state index contributed by atoms with van der Waals surface area (Å²) < 4.78 is 11.7. The molecule has 0 saturated carbocycles. The molecule has 1 unspecified atom stereocenters. The Morgan fingerprint density at radius 3 is 2.03 bits per heavy atom. The van der Waals surface area contributed by atoms with E-state index in [2.05, 4.69) is 115 Å². The van der Waals surface area contributed by atoms with E-state index in [1.165, 1.54) is 21.7 Å². The molecule has 3 heteroatoms. The fourth-order valence-electron chi connectivity index (χ4n) is 4.32. The van der Waals surface area contributed by atoms with Crippen LogP contribution in [0.2, 0.25) is 0 Å². The van der Waals surface area contributed by atoms with E-state index >= 15 is 0 Å². The number of aryl methyl sites for hydroxylation is 1. The van der Waals surface area contributed by atoms with Gasteiger partial charge in [0.25, 0.3) is 0 Å². The van der Waals surface area contributed by atoms with Crippen LogP contribution in [0.25, 0.3) is 0 Å². The molecule has 2 nitrogen and oxygen atoms in total. The van der Waals surface area contributed by atoms with Gasteiger partial charge in [-0.2, -0.15) is 0 Å². The number of hydrogen-bond donors (Lipinski definition) is 0. The average molecular weight is 437 g/mol. The normalized spacial score (nSPS) is 16.5. The third-order valence-electron chi connectivity index (χ3n) is 5.98. The predicted molar refractivity (Wildman–Crippen MR) is 135 cm³/mol. The molecule has 0 heterocycles. The van der Waals surface area contributed by atoms with Gasteiger partial charge in [0.15, 0.2) is 6.79 Å². The number of ether oxygens (including phenoxy) is 2. The van der Waals surface area contributed by atoms with Gasteiger partial charge >= 0.3 is 0 Å². The topological polar surface area (TPSA) is 18.5 Å². The Labute approximate surface area is 190 Å². The number of hydrogen-bond acceptors (Lipinski definition) is 2. The van der Waals surface area contributed by atoms with Crippen LogP contribution < -0.4 is 15.3 Å². The van der Waals surface area contributed by atoms with E-state index in [0.717, 1.165) is 5.75 Å². The third kappa shape index (κ3) is 4.66. The van der Waals surface area contributed by atoms with Gasteiger partial charge in [0.1, 0.15) is 5.75 Å². The smallest absolute Gasteiger partial charge is 0.188 e. The van der Waals surface area contributed by atoms with Gasteiger partial charge < -0.3 is 9.47 Å². The summed E-state index contributed by atoms with van der Waals surface area (Å²) >= 11 is 0. The van der Waals surface area contributed by atoms with Crippen molar-refractivity contribution in [2.75, 3.05) is 13.9 Å². The van der Waals surface area contributed by atoms with Crippen molar-refractivity contribution in [3.63, 3.8) is 0 Å². The van der Waals surface area contributed by atoms with Gasteiger partial charge in [0.05, 0.1) is 0 Å². The van der Waals surface area contributed by atoms with Crippen LogP contribution in [0.15, 0.2) is 66.8 Å². The molecule has 0 saturated heterocycles. The van der Waals surface area contributed by atoms with Gasteiger partial charge in [-0.25, -0.2) is 0 Å². The first-order valence-corrected chi connectivity index (χ1v) is 12.3. The monoisotopic (exact) mass is 436 g/mol.